The van der Waals surface area contributed by atoms with Gasteiger partial charge in [-0.3, -0.25) is 4.21 Å². The Morgan fingerprint density at radius 1 is 1.13 bits per heavy atom. The van der Waals surface area contributed by atoms with Crippen LogP contribution in [0.2, 0.25) is 0 Å². The largest absolute Gasteiger partial charge is 0.259 e. The van der Waals surface area contributed by atoms with Gasteiger partial charge in [0.15, 0.2) is 0 Å². The lowest BCUT2D eigenvalue weighted by atomic mass is 9.56. The molecular weight excluding hydrogens is 204 g/mol. The van der Waals surface area contributed by atoms with Crippen LogP contribution in [0.4, 0.5) is 0 Å². The zero-order chi connectivity index (χ0) is 10.5. The van der Waals surface area contributed by atoms with Crippen molar-refractivity contribution in [3.63, 3.8) is 0 Å². The average molecular weight is 224 g/mol. The summed E-state index contributed by atoms with van der Waals surface area (Å²) >= 11 is 0. The van der Waals surface area contributed by atoms with Crippen molar-refractivity contribution in [2.75, 3.05) is 5.75 Å². The summed E-state index contributed by atoms with van der Waals surface area (Å²) in [5, 5.41) is 0. The molecule has 0 aromatic rings. The van der Waals surface area contributed by atoms with Crippen LogP contribution in [0.1, 0.15) is 38.5 Å². The molecule has 0 spiro atoms. The second kappa shape index (κ2) is 3.44. The molecule has 1 atom stereocenters. The zero-order valence-corrected chi connectivity index (χ0v) is 10.1. The van der Waals surface area contributed by atoms with Gasteiger partial charge in [-0.05, 0) is 56.3 Å². The maximum Gasteiger partial charge on any atom is 0.0470 e. The van der Waals surface area contributed by atoms with Crippen LogP contribution in [0.5, 0.6) is 0 Å². The van der Waals surface area contributed by atoms with Crippen molar-refractivity contribution >= 4 is 10.8 Å². The van der Waals surface area contributed by atoms with Crippen LogP contribution in [-0.4, -0.2) is 14.7 Å². The molecule has 0 saturated heterocycles. The Labute approximate surface area is 94.8 Å². The van der Waals surface area contributed by atoms with Gasteiger partial charge in [0.1, 0.15) is 0 Å². The Morgan fingerprint density at radius 3 is 2.00 bits per heavy atom. The van der Waals surface area contributed by atoms with Crippen molar-refractivity contribution in [2.24, 2.45) is 17.8 Å². The van der Waals surface area contributed by atoms with Crippen LogP contribution < -0.4 is 0 Å². The summed E-state index contributed by atoms with van der Waals surface area (Å²) in [5.74, 6) is 3.44. The highest BCUT2D eigenvalue weighted by atomic mass is 32.2. The molecule has 4 bridgehead atoms. The molecular formula is C13H20OS. The summed E-state index contributed by atoms with van der Waals surface area (Å²) in [6.45, 7) is 3.74. The van der Waals surface area contributed by atoms with Gasteiger partial charge in [-0.1, -0.05) is 6.08 Å². The number of hydrogen-bond acceptors (Lipinski definition) is 1. The summed E-state index contributed by atoms with van der Waals surface area (Å²) in [4.78, 5) is 0. The van der Waals surface area contributed by atoms with Gasteiger partial charge >= 0.3 is 0 Å². The third-order valence-corrected chi connectivity index (χ3v) is 6.74. The summed E-state index contributed by atoms with van der Waals surface area (Å²) < 4.78 is 12.5. The van der Waals surface area contributed by atoms with Crippen molar-refractivity contribution in [3.8, 4) is 0 Å². The molecule has 0 N–H and O–H groups in total. The minimum absolute atomic E-state index is 0.211. The van der Waals surface area contributed by atoms with Crippen LogP contribution >= 0.6 is 0 Å². The SMILES string of the molecule is C=CCS(=O)C12CC3CC(CC(C3)C1)C2. The number of rotatable bonds is 3. The van der Waals surface area contributed by atoms with Crippen LogP contribution in [0.3, 0.4) is 0 Å². The van der Waals surface area contributed by atoms with Gasteiger partial charge in [0.05, 0.1) is 0 Å². The van der Waals surface area contributed by atoms with Gasteiger partial charge in [0, 0.05) is 21.3 Å². The van der Waals surface area contributed by atoms with Crippen LogP contribution in [0.25, 0.3) is 0 Å². The molecule has 4 fully saturated rings. The first-order chi connectivity index (χ1) is 7.22. The molecule has 84 valence electrons. The Balaban J connectivity index is 1.86. The van der Waals surface area contributed by atoms with E-state index in [2.05, 4.69) is 6.58 Å². The van der Waals surface area contributed by atoms with Crippen molar-refractivity contribution in [1.29, 1.82) is 0 Å². The minimum Gasteiger partial charge on any atom is -0.259 e. The molecule has 0 aromatic heterocycles. The Morgan fingerprint density at radius 2 is 1.60 bits per heavy atom. The third kappa shape index (κ3) is 1.52. The van der Waals surface area contributed by atoms with Crippen molar-refractivity contribution in [1.82, 2.24) is 0 Å². The molecule has 0 aromatic carbocycles. The standard InChI is InChI=1S/C13H20OS/c1-2-3-15(14)13-7-10-4-11(8-13)6-12(5-10)9-13/h2,10-12H,1,3-9H2. The van der Waals surface area contributed by atoms with Crippen LogP contribution in [-0.2, 0) is 10.8 Å². The molecule has 0 amide bonds. The molecule has 1 unspecified atom stereocenters. The predicted molar refractivity (Wildman–Crippen MR) is 64.1 cm³/mol. The van der Waals surface area contributed by atoms with Gasteiger partial charge in [-0.2, -0.15) is 0 Å². The van der Waals surface area contributed by atoms with Crippen LogP contribution in [0.15, 0.2) is 12.7 Å². The normalized spacial score (nSPS) is 49.2. The molecule has 0 heterocycles. The first kappa shape index (κ1) is 10.1. The maximum absolute atomic E-state index is 12.3. The predicted octanol–water partition coefficient (Wildman–Crippen LogP) is 2.89. The third-order valence-electron chi connectivity index (χ3n) is 4.73. The molecule has 2 heteroatoms. The highest BCUT2D eigenvalue weighted by Gasteiger charge is 2.53. The van der Waals surface area contributed by atoms with E-state index in [-0.39, 0.29) is 4.75 Å². The van der Waals surface area contributed by atoms with Gasteiger partial charge in [-0.15, -0.1) is 6.58 Å². The van der Waals surface area contributed by atoms with Crippen molar-refractivity contribution < 1.29 is 4.21 Å². The Bertz CT molecular complexity index is 272. The van der Waals surface area contributed by atoms with E-state index in [0.29, 0.717) is 5.75 Å². The first-order valence-corrected chi connectivity index (χ1v) is 7.53. The summed E-state index contributed by atoms with van der Waals surface area (Å²) in [7, 11) is -0.643. The highest BCUT2D eigenvalue weighted by molar-refractivity contribution is 7.86. The van der Waals surface area contributed by atoms with E-state index < -0.39 is 10.8 Å². The lowest BCUT2D eigenvalue weighted by Gasteiger charge is -2.56. The maximum atomic E-state index is 12.3. The van der Waals surface area contributed by atoms with E-state index >= 15 is 0 Å². The van der Waals surface area contributed by atoms with Crippen molar-refractivity contribution in [2.45, 2.75) is 43.3 Å². The molecule has 15 heavy (non-hydrogen) atoms. The van der Waals surface area contributed by atoms with Crippen molar-refractivity contribution in [3.05, 3.63) is 12.7 Å². The fourth-order valence-corrected chi connectivity index (χ4v) is 6.43. The van der Waals surface area contributed by atoms with Crippen LogP contribution in [0, 0.1) is 17.8 Å². The zero-order valence-electron chi connectivity index (χ0n) is 9.28. The summed E-state index contributed by atoms with van der Waals surface area (Å²) in [5.41, 5.74) is 0. The van der Waals surface area contributed by atoms with E-state index in [1.165, 1.54) is 38.5 Å². The molecule has 0 aliphatic heterocycles. The average Bonchev–Trinajstić information content (AvgIpc) is 2.15. The van der Waals surface area contributed by atoms with Gasteiger partial charge in [0.25, 0.3) is 0 Å². The molecule has 1 nitrogen and oxygen atoms in total. The van der Waals surface area contributed by atoms with E-state index in [1.54, 1.807) is 0 Å². The smallest absolute Gasteiger partial charge is 0.0470 e. The first-order valence-electron chi connectivity index (χ1n) is 6.21. The molecule has 4 rings (SSSR count). The highest BCUT2D eigenvalue weighted by Crippen LogP contribution is 2.57. The minimum atomic E-state index is -0.643. The Hall–Kier alpha value is -0.110. The van der Waals surface area contributed by atoms with E-state index in [9.17, 15) is 4.21 Å². The topological polar surface area (TPSA) is 17.1 Å². The van der Waals surface area contributed by atoms with Gasteiger partial charge in [-0.25, -0.2) is 0 Å². The Kier molecular flexibility index (Phi) is 2.31. The molecule has 4 aliphatic rings. The fourth-order valence-electron chi connectivity index (χ4n) is 4.59. The monoisotopic (exact) mass is 224 g/mol. The summed E-state index contributed by atoms with van der Waals surface area (Å²) in [6.07, 6.45) is 9.90. The second-order valence-electron chi connectivity index (χ2n) is 5.90. The fraction of sp³-hybridized carbons (Fsp3) is 0.846. The van der Waals surface area contributed by atoms with Gasteiger partial charge in [0.2, 0.25) is 0 Å². The van der Waals surface area contributed by atoms with E-state index in [0.717, 1.165) is 17.8 Å². The molecule has 4 aliphatic carbocycles. The lowest BCUT2D eigenvalue weighted by molar-refractivity contribution is 0.0362. The van der Waals surface area contributed by atoms with Gasteiger partial charge < -0.3 is 0 Å². The quantitative estimate of drug-likeness (QED) is 0.674. The van der Waals surface area contributed by atoms with E-state index in [1.807, 2.05) is 6.08 Å². The second-order valence-corrected chi connectivity index (χ2v) is 7.79. The molecule has 0 radical (unpaired) electrons. The van der Waals surface area contributed by atoms with E-state index in [4.69, 9.17) is 0 Å². The lowest BCUT2D eigenvalue weighted by Crippen LogP contribution is -2.53. The number of hydrogen-bond donors (Lipinski definition) is 0. The summed E-state index contributed by atoms with van der Waals surface area (Å²) in [6, 6.07) is 0. The molecule has 4 saturated carbocycles.